The molecule has 3 aromatic carbocycles. The SMILES string of the molecule is Fc1cc2c3[nH]c(c2cc1F)Nc1[nH]c(c2cc(F)c(F)cc12)N=c1c2cc(F)c(F)cc2c(n1[B]Cl)=N3. The van der Waals surface area contributed by atoms with E-state index in [1.54, 1.807) is 0 Å². The van der Waals surface area contributed by atoms with Gasteiger partial charge in [0.1, 0.15) is 34.2 Å². The average molecular weight is 542 g/mol. The molecule has 7 rings (SSSR count). The maximum atomic E-state index is 14.4. The van der Waals surface area contributed by atoms with Gasteiger partial charge in [0.05, 0.1) is 0 Å². The van der Waals surface area contributed by atoms with Crippen LogP contribution in [0.1, 0.15) is 0 Å². The Balaban J connectivity index is 1.75. The summed E-state index contributed by atoms with van der Waals surface area (Å²) < 4.78 is 87.0. The topological polar surface area (TPSA) is 73.3 Å². The van der Waals surface area contributed by atoms with Crippen molar-refractivity contribution in [1.29, 1.82) is 0 Å². The van der Waals surface area contributed by atoms with Crippen LogP contribution in [0.25, 0.3) is 32.3 Å². The lowest BCUT2D eigenvalue weighted by Gasteiger charge is -2.04. The van der Waals surface area contributed by atoms with Crippen molar-refractivity contribution in [3.63, 3.8) is 0 Å². The second-order valence-electron chi connectivity index (χ2n) is 8.60. The Kier molecular flexibility index (Phi) is 4.68. The summed E-state index contributed by atoms with van der Waals surface area (Å²) in [5, 5.41) is 3.74. The van der Waals surface area contributed by atoms with Crippen LogP contribution < -0.4 is 16.3 Å². The molecule has 1 aliphatic rings. The van der Waals surface area contributed by atoms with Gasteiger partial charge in [0.15, 0.2) is 34.9 Å². The fourth-order valence-corrected chi connectivity index (χ4v) is 4.90. The van der Waals surface area contributed by atoms with Gasteiger partial charge in [-0.1, -0.05) is 0 Å². The fraction of sp³-hybridized carbons (Fsp3) is 0. The fourth-order valence-electron chi connectivity index (χ4n) is 4.71. The highest BCUT2D eigenvalue weighted by molar-refractivity contribution is 6.92. The van der Waals surface area contributed by atoms with Crippen LogP contribution in [0.3, 0.4) is 0 Å². The molecule has 0 amide bonds. The van der Waals surface area contributed by atoms with Gasteiger partial charge >= 0.3 is 6.83 Å². The van der Waals surface area contributed by atoms with E-state index in [0.29, 0.717) is 0 Å². The molecule has 1 aliphatic heterocycles. The van der Waals surface area contributed by atoms with Crippen molar-refractivity contribution in [2.75, 3.05) is 5.32 Å². The lowest BCUT2D eigenvalue weighted by Crippen LogP contribution is -2.29. The maximum Gasteiger partial charge on any atom is 0.378 e. The summed E-state index contributed by atoms with van der Waals surface area (Å²) in [5.74, 6) is -6.63. The number of hydrogen-bond acceptors (Lipinski definition) is 3. The molecule has 4 heterocycles. The molecule has 0 saturated carbocycles. The molecule has 187 valence electrons. The molecule has 6 bridgehead atoms. The molecule has 6 nitrogen and oxygen atoms in total. The summed E-state index contributed by atoms with van der Waals surface area (Å²) in [6.07, 6.45) is 0. The molecule has 14 heteroatoms. The molecule has 0 spiro atoms. The van der Waals surface area contributed by atoms with Crippen LogP contribution in [0.15, 0.2) is 46.4 Å². The summed E-state index contributed by atoms with van der Waals surface area (Å²) in [4.78, 5) is 14.9. The van der Waals surface area contributed by atoms with E-state index < -0.39 is 34.9 Å². The first-order valence-corrected chi connectivity index (χ1v) is 11.4. The molecular formula is C24H9BClF6N6. The number of rotatable bonds is 1. The van der Waals surface area contributed by atoms with Crippen LogP contribution in [-0.4, -0.2) is 21.3 Å². The number of fused-ring (bicyclic) bond motifs is 15. The molecular weight excluding hydrogens is 533 g/mol. The Morgan fingerprint density at radius 1 is 0.553 bits per heavy atom. The van der Waals surface area contributed by atoms with Crippen molar-refractivity contribution in [2.45, 2.75) is 0 Å². The number of aromatic nitrogens is 3. The summed E-state index contributed by atoms with van der Waals surface area (Å²) in [6, 6.07) is 5.51. The second kappa shape index (κ2) is 7.81. The number of benzene rings is 3. The van der Waals surface area contributed by atoms with E-state index in [9.17, 15) is 26.3 Å². The number of nitrogens with one attached hydrogen (secondary N) is 3. The summed E-state index contributed by atoms with van der Waals surface area (Å²) >= 11 is 6.12. The molecule has 0 aliphatic carbocycles. The molecule has 6 aromatic rings. The van der Waals surface area contributed by atoms with Crippen molar-refractivity contribution < 1.29 is 26.3 Å². The zero-order chi connectivity index (χ0) is 26.5. The number of anilines is 2. The van der Waals surface area contributed by atoms with Crippen LogP contribution in [0, 0.1) is 34.9 Å². The Hall–Kier alpha value is -4.39. The molecule has 1 radical (unpaired) electrons. The van der Waals surface area contributed by atoms with Gasteiger partial charge in [0.25, 0.3) is 0 Å². The van der Waals surface area contributed by atoms with Crippen LogP contribution in [-0.2, 0) is 0 Å². The number of hydrogen-bond donors (Lipinski definition) is 3. The monoisotopic (exact) mass is 541 g/mol. The second-order valence-corrected chi connectivity index (χ2v) is 8.79. The van der Waals surface area contributed by atoms with Gasteiger partial charge < -0.3 is 19.8 Å². The third-order valence-electron chi connectivity index (χ3n) is 6.44. The van der Waals surface area contributed by atoms with Gasteiger partial charge in [-0.05, 0) is 36.4 Å². The highest BCUT2D eigenvalue weighted by atomic mass is 35.5. The minimum atomic E-state index is -1.17. The molecule has 0 fully saturated rings. The van der Waals surface area contributed by atoms with Crippen LogP contribution >= 0.6 is 11.5 Å². The standard InChI is InChI=1S/C24H9BClF6N6/c26-25-38-23-11-5-17(31)18(32)6-12(11)24(38)37-22-10-4-16(30)14(28)2-8(10)20(35-22)33-19-7-1-13(27)15(29)3-9(7)21(34-19)36-23/h1-6,33-35H. The highest BCUT2D eigenvalue weighted by Crippen LogP contribution is 2.39. The Morgan fingerprint density at radius 2 is 0.895 bits per heavy atom. The first-order valence-electron chi connectivity index (χ1n) is 10.9. The highest BCUT2D eigenvalue weighted by Gasteiger charge is 2.22. The van der Waals surface area contributed by atoms with Crippen molar-refractivity contribution in [2.24, 2.45) is 9.98 Å². The smallest absolute Gasteiger partial charge is 0.342 e. The Labute approximate surface area is 212 Å². The van der Waals surface area contributed by atoms with E-state index in [1.807, 2.05) is 0 Å². The van der Waals surface area contributed by atoms with Crippen molar-refractivity contribution >= 4 is 73.9 Å². The van der Waals surface area contributed by atoms with Crippen molar-refractivity contribution in [3.8, 4) is 0 Å². The Bertz CT molecular complexity index is 1990. The minimum Gasteiger partial charge on any atom is -0.342 e. The normalized spacial score (nSPS) is 12.7. The average Bonchev–Trinajstić information content (AvgIpc) is 3.46. The van der Waals surface area contributed by atoms with E-state index in [0.717, 1.165) is 43.2 Å². The number of halogens is 7. The van der Waals surface area contributed by atoms with E-state index in [1.165, 1.54) is 4.48 Å². The predicted molar refractivity (Wildman–Crippen MR) is 130 cm³/mol. The summed E-state index contributed by atoms with van der Waals surface area (Å²) in [6.45, 7) is 1.02. The van der Waals surface area contributed by atoms with E-state index in [-0.39, 0.29) is 66.6 Å². The van der Waals surface area contributed by atoms with Gasteiger partial charge in [0, 0.05) is 32.3 Å². The number of H-pyrrole nitrogens is 2. The third-order valence-corrected chi connectivity index (χ3v) is 6.63. The van der Waals surface area contributed by atoms with Gasteiger partial charge in [-0.2, -0.15) is 11.5 Å². The number of aromatic amines is 2. The Morgan fingerprint density at radius 3 is 1.26 bits per heavy atom. The van der Waals surface area contributed by atoms with Gasteiger partial charge in [-0.15, -0.1) is 0 Å². The zero-order valence-electron chi connectivity index (χ0n) is 18.5. The molecule has 38 heavy (non-hydrogen) atoms. The molecule has 0 saturated heterocycles. The van der Waals surface area contributed by atoms with E-state index in [2.05, 4.69) is 25.3 Å². The van der Waals surface area contributed by atoms with Gasteiger partial charge in [0.2, 0.25) is 0 Å². The van der Waals surface area contributed by atoms with Crippen LogP contribution in [0.4, 0.5) is 49.6 Å². The first kappa shape index (κ1) is 22.8. The van der Waals surface area contributed by atoms with Crippen LogP contribution in [0.2, 0.25) is 0 Å². The van der Waals surface area contributed by atoms with Crippen molar-refractivity contribution in [3.05, 3.63) is 82.3 Å². The largest absolute Gasteiger partial charge is 0.378 e. The lowest BCUT2D eigenvalue weighted by atomic mass is 10.2. The van der Waals surface area contributed by atoms with Crippen molar-refractivity contribution in [1.82, 2.24) is 14.4 Å². The third kappa shape index (κ3) is 3.11. The van der Waals surface area contributed by atoms with E-state index in [4.69, 9.17) is 11.5 Å². The van der Waals surface area contributed by atoms with Crippen LogP contribution in [0.5, 0.6) is 0 Å². The summed E-state index contributed by atoms with van der Waals surface area (Å²) in [5.41, 5.74) is -0.0260. The quantitative estimate of drug-likeness (QED) is 0.173. The minimum absolute atomic E-state index is 0.0130. The lowest BCUT2D eigenvalue weighted by molar-refractivity contribution is 0.511. The van der Waals surface area contributed by atoms with Gasteiger partial charge in [-0.3, -0.25) is 0 Å². The molecule has 3 N–H and O–H groups in total. The van der Waals surface area contributed by atoms with Gasteiger partial charge in [-0.25, -0.2) is 36.3 Å². The first-order chi connectivity index (χ1) is 18.2. The summed E-state index contributed by atoms with van der Waals surface area (Å²) in [7, 11) is 0. The predicted octanol–water partition coefficient (Wildman–Crippen LogP) is 6.02. The number of nitrogens with zero attached hydrogens (tertiary/aromatic N) is 3. The maximum absolute atomic E-state index is 14.4. The molecule has 0 unspecified atom stereocenters. The zero-order valence-corrected chi connectivity index (χ0v) is 19.3. The molecule has 3 aromatic heterocycles. The molecule has 0 atom stereocenters. The van der Waals surface area contributed by atoms with E-state index >= 15 is 0 Å².